The molecule has 0 bridgehead atoms. The highest BCUT2D eigenvalue weighted by Crippen LogP contribution is 2.30. The number of nitro benzene ring substituents is 1. The van der Waals surface area contributed by atoms with Gasteiger partial charge in [-0.05, 0) is 6.92 Å². The molecular formula is C19H20ClN3O9. The molecule has 1 aromatic heterocycles. The molecule has 0 amide bonds. The second-order valence-corrected chi connectivity index (χ2v) is 7.59. The van der Waals surface area contributed by atoms with Gasteiger partial charge in [0.05, 0.1) is 22.0 Å². The number of nitro groups is 1. The van der Waals surface area contributed by atoms with E-state index < -0.39 is 46.1 Å². The van der Waals surface area contributed by atoms with E-state index in [4.69, 9.17) is 25.8 Å². The van der Waals surface area contributed by atoms with Gasteiger partial charge in [-0.1, -0.05) is 18.2 Å². The number of aromatic amines is 1. The van der Waals surface area contributed by atoms with Crippen LogP contribution in [0.2, 0.25) is 0 Å². The zero-order chi connectivity index (χ0) is 23.4. The Morgan fingerprint density at radius 1 is 1.41 bits per heavy atom. The lowest BCUT2D eigenvalue weighted by molar-refractivity contribution is -0.385. The van der Waals surface area contributed by atoms with Gasteiger partial charge in [0.15, 0.2) is 0 Å². The normalized spacial score (nSPS) is 21.2. The molecule has 1 fully saturated rings. The number of aromatic nitrogens is 2. The molecule has 1 aliphatic rings. The molecule has 2 N–H and O–H groups in total. The number of halogens is 1. The lowest BCUT2D eigenvalue weighted by Gasteiger charge is -2.16. The number of rotatable bonds is 7. The fourth-order valence-electron chi connectivity index (χ4n) is 3.18. The Morgan fingerprint density at radius 2 is 2.12 bits per heavy atom. The average molecular weight is 470 g/mol. The Bertz CT molecular complexity index is 1120. The largest absolute Gasteiger partial charge is 0.508 e. The standard InChI is InChI=1S/C19H20ClN3O9/c1-10-7-22(18(26)21-17(10)25)16-6-14(24)15(32-16)9-31-19(27)30-8-12(20)11-4-2-3-5-13(11)23(28)29/h2-5,7,12,14-16,24H,6,8-9H2,1H3,(H,21,25,26)/t12?,14-,15+,16+/m0/s1. The molecule has 13 heteroatoms. The lowest BCUT2D eigenvalue weighted by Crippen LogP contribution is -2.33. The summed E-state index contributed by atoms with van der Waals surface area (Å²) in [5.74, 6) is 0. The number of para-hydroxylation sites is 1. The van der Waals surface area contributed by atoms with Crippen LogP contribution in [0.15, 0.2) is 40.1 Å². The van der Waals surface area contributed by atoms with Crippen LogP contribution >= 0.6 is 11.6 Å². The number of aryl methyl sites for hydroxylation is 1. The maximum atomic E-state index is 12.0. The first-order valence-corrected chi connectivity index (χ1v) is 9.93. The molecule has 32 heavy (non-hydrogen) atoms. The van der Waals surface area contributed by atoms with Crippen molar-refractivity contribution in [2.75, 3.05) is 13.2 Å². The first kappa shape index (κ1) is 23.4. The number of hydrogen-bond donors (Lipinski definition) is 2. The number of nitrogens with one attached hydrogen (secondary N) is 1. The minimum Gasteiger partial charge on any atom is -0.432 e. The Morgan fingerprint density at radius 3 is 2.84 bits per heavy atom. The van der Waals surface area contributed by atoms with Crippen molar-refractivity contribution in [2.45, 2.75) is 37.2 Å². The van der Waals surface area contributed by atoms with E-state index in [-0.39, 0.29) is 30.9 Å². The fourth-order valence-corrected chi connectivity index (χ4v) is 3.42. The molecule has 1 saturated heterocycles. The van der Waals surface area contributed by atoms with Gasteiger partial charge >= 0.3 is 11.8 Å². The van der Waals surface area contributed by atoms with Crippen molar-refractivity contribution in [1.29, 1.82) is 0 Å². The van der Waals surface area contributed by atoms with E-state index in [0.717, 1.165) is 4.57 Å². The molecule has 1 aliphatic heterocycles. The molecule has 172 valence electrons. The number of hydrogen-bond acceptors (Lipinski definition) is 9. The number of carbonyl (C=O) groups excluding carboxylic acids is 1. The molecule has 12 nitrogen and oxygen atoms in total. The highest BCUT2D eigenvalue weighted by molar-refractivity contribution is 6.21. The number of aliphatic hydroxyl groups excluding tert-OH is 1. The third-order valence-corrected chi connectivity index (χ3v) is 5.21. The van der Waals surface area contributed by atoms with Gasteiger partial charge in [-0.2, -0.15) is 0 Å². The summed E-state index contributed by atoms with van der Waals surface area (Å²) in [6.45, 7) is 0.769. The highest BCUT2D eigenvalue weighted by Gasteiger charge is 2.36. The number of alkyl halides is 1. The summed E-state index contributed by atoms with van der Waals surface area (Å²) in [4.78, 5) is 48.0. The maximum absolute atomic E-state index is 12.0. The summed E-state index contributed by atoms with van der Waals surface area (Å²) >= 11 is 6.12. The number of benzene rings is 1. The van der Waals surface area contributed by atoms with Crippen LogP contribution in [-0.2, 0) is 14.2 Å². The van der Waals surface area contributed by atoms with Crippen LogP contribution in [0.25, 0.3) is 0 Å². The molecule has 2 aromatic rings. The molecule has 0 radical (unpaired) electrons. The van der Waals surface area contributed by atoms with Gasteiger partial charge in [0.1, 0.15) is 25.5 Å². The fraction of sp³-hybridized carbons (Fsp3) is 0.421. The summed E-state index contributed by atoms with van der Waals surface area (Å²) in [6, 6.07) is 5.80. The summed E-state index contributed by atoms with van der Waals surface area (Å²) < 4.78 is 16.6. The van der Waals surface area contributed by atoms with Crippen LogP contribution in [0.5, 0.6) is 0 Å². The maximum Gasteiger partial charge on any atom is 0.508 e. The number of carbonyl (C=O) groups is 1. The van der Waals surface area contributed by atoms with Crippen LogP contribution in [-0.4, -0.2) is 51.2 Å². The van der Waals surface area contributed by atoms with Crippen molar-refractivity contribution in [3.8, 4) is 0 Å². The average Bonchev–Trinajstić information content (AvgIpc) is 3.13. The number of H-pyrrole nitrogens is 1. The van der Waals surface area contributed by atoms with Crippen LogP contribution in [0.1, 0.15) is 29.2 Å². The van der Waals surface area contributed by atoms with Gasteiger partial charge in [0.25, 0.3) is 11.2 Å². The van der Waals surface area contributed by atoms with Crippen molar-refractivity contribution in [2.24, 2.45) is 0 Å². The molecule has 0 spiro atoms. The Hall–Kier alpha value is -3.22. The van der Waals surface area contributed by atoms with Gasteiger partial charge in [-0.15, -0.1) is 11.6 Å². The van der Waals surface area contributed by atoms with E-state index in [9.17, 15) is 29.6 Å². The Kier molecular flexibility index (Phi) is 7.28. The summed E-state index contributed by atoms with van der Waals surface area (Å²) in [7, 11) is 0. The smallest absolute Gasteiger partial charge is 0.432 e. The SMILES string of the molecule is Cc1cn([C@H]2C[C@H](O)[C@@H](COC(=O)OCC(Cl)c3ccccc3[N+](=O)[O-])O2)c(=O)[nH]c1=O. The second kappa shape index (κ2) is 9.94. The second-order valence-electron chi connectivity index (χ2n) is 7.07. The molecule has 1 aromatic carbocycles. The zero-order valence-corrected chi connectivity index (χ0v) is 17.6. The molecule has 3 rings (SSSR count). The van der Waals surface area contributed by atoms with E-state index in [1.807, 2.05) is 0 Å². The molecule has 0 saturated carbocycles. The van der Waals surface area contributed by atoms with E-state index in [1.54, 1.807) is 6.07 Å². The van der Waals surface area contributed by atoms with Crippen molar-refractivity contribution >= 4 is 23.4 Å². The van der Waals surface area contributed by atoms with Gasteiger partial charge in [0.2, 0.25) is 0 Å². The number of nitrogens with zero attached hydrogens (tertiary/aromatic N) is 2. The molecule has 2 heterocycles. The topological polar surface area (TPSA) is 163 Å². The van der Waals surface area contributed by atoms with Gasteiger partial charge in [-0.25, -0.2) is 9.59 Å². The number of aliphatic hydroxyl groups is 1. The van der Waals surface area contributed by atoms with Crippen molar-refractivity contribution < 1.29 is 29.0 Å². The summed E-state index contributed by atoms with van der Waals surface area (Å²) in [5.41, 5.74) is -0.940. The van der Waals surface area contributed by atoms with Gasteiger partial charge in [-0.3, -0.25) is 24.5 Å². The number of ether oxygens (including phenoxy) is 3. The van der Waals surface area contributed by atoms with Crippen molar-refractivity contribution in [3.63, 3.8) is 0 Å². The van der Waals surface area contributed by atoms with E-state index in [0.29, 0.717) is 5.56 Å². The highest BCUT2D eigenvalue weighted by atomic mass is 35.5. The first-order chi connectivity index (χ1) is 15.2. The third kappa shape index (κ3) is 5.33. The van der Waals surface area contributed by atoms with Crippen LogP contribution < -0.4 is 11.2 Å². The van der Waals surface area contributed by atoms with Crippen molar-refractivity contribution in [3.05, 3.63) is 72.5 Å². The van der Waals surface area contributed by atoms with E-state index >= 15 is 0 Å². The Balaban J connectivity index is 1.52. The molecule has 0 aliphatic carbocycles. The molecule has 4 atom stereocenters. The monoisotopic (exact) mass is 469 g/mol. The van der Waals surface area contributed by atoms with Crippen LogP contribution in [0, 0.1) is 17.0 Å². The summed E-state index contributed by atoms with van der Waals surface area (Å²) in [6.07, 6.45) is -2.59. The molecular weight excluding hydrogens is 450 g/mol. The van der Waals surface area contributed by atoms with E-state index in [2.05, 4.69) is 4.98 Å². The van der Waals surface area contributed by atoms with Crippen LogP contribution in [0.4, 0.5) is 10.5 Å². The predicted octanol–water partition coefficient (Wildman–Crippen LogP) is 1.53. The molecule has 1 unspecified atom stereocenters. The van der Waals surface area contributed by atoms with Gasteiger partial charge < -0.3 is 19.3 Å². The quantitative estimate of drug-likeness (QED) is 0.265. The first-order valence-electron chi connectivity index (χ1n) is 9.50. The third-order valence-electron chi connectivity index (χ3n) is 4.84. The zero-order valence-electron chi connectivity index (χ0n) is 16.8. The van der Waals surface area contributed by atoms with Crippen LogP contribution in [0.3, 0.4) is 0 Å². The van der Waals surface area contributed by atoms with Crippen molar-refractivity contribution in [1.82, 2.24) is 9.55 Å². The van der Waals surface area contributed by atoms with E-state index in [1.165, 1.54) is 31.3 Å². The van der Waals surface area contributed by atoms with Gasteiger partial charge in [0, 0.05) is 24.2 Å². The Labute approximate surface area is 185 Å². The minimum absolute atomic E-state index is 0.0376. The summed E-state index contributed by atoms with van der Waals surface area (Å²) in [5, 5.41) is 20.3. The predicted molar refractivity (Wildman–Crippen MR) is 110 cm³/mol. The lowest BCUT2D eigenvalue weighted by atomic mass is 10.1. The minimum atomic E-state index is -1.11.